The van der Waals surface area contributed by atoms with Crippen LogP contribution >= 0.6 is 23.8 Å². The first-order valence-corrected chi connectivity index (χ1v) is 10.4. The number of hydrogen-bond donors (Lipinski definition) is 0. The number of benzene rings is 1. The maximum absolute atomic E-state index is 14.9. The number of amides is 4. The van der Waals surface area contributed by atoms with Crippen molar-refractivity contribution in [1.82, 2.24) is 9.80 Å². The van der Waals surface area contributed by atoms with Crippen LogP contribution in [-0.4, -0.2) is 71.5 Å². The molecule has 1 aromatic rings. The number of nitrogens with zero attached hydrogens (tertiary/aromatic N) is 5. The molecule has 1 aliphatic heterocycles. The number of rotatable bonds is 5. The molecule has 1 atom stereocenters. The molecule has 13 heteroatoms. The van der Waals surface area contributed by atoms with Crippen LogP contribution in [0.2, 0.25) is 5.02 Å². The first-order chi connectivity index (χ1) is 15.3. The van der Waals surface area contributed by atoms with Crippen molar-refractivity contribution < 1.29 is 28.4 Å². The molecule has 0 bridgehead atoms. The van der Waals surface area contributed by atoms with Crippen molar-refractivity contribution in [3.05, 3.63) is 28.5 Å². The fourth-order valence-electron chi connectivity index (χ4n) is 2.64. The number of carbonyl (C=O) groups excluding carboxylic acids is 3. The summed E-state index contributed by atoms with van der Waals surface area (Å²) in [6.45, 7) is 4.75. The van der Waals surface area contributed by atoms with E-state index < -0.39 is 29.4 Å². The molecule has 0 aromatic heterocycles. The lowest BCUT2D eigenvalue weighted by atomic mass is 9.95. The number of hydrogen-bond acceptors (Lipinski definition) is 8. The zero-order chi connectivity index (χ0) is 25.1. The van der Waals surface area contributed by atoms with Gasteiger partial charge in [-0.1, -0.05) is 34.1 Å². The van der Waals surface area contributed by atoms with Crippen LogP contribution in [-0.2, 0) is 14.5 Å². The molecule has 33 heavy (non-hydrogen) atoms. The molecule has 0 N–H and O–H groups in total. The van der Waals surface area contributed by atoms with Gasteiger partial charge in [0.05, 0.1) is 27.6 Å². The molecule has 0 spiro atoms. The monoisotopic (exact) mass is 499 g/mol. The quantitative estimate of drug-likeness (QED) is 0.264. The average molecular weight is 500 g/mol. The van der Waals surface area contributed by atoms with Gasteiger partial charge in [0.25, 0.3) is 0 Å². The summed E-state index contributed by atoms with van der Waals surface area (Å²) in [7, 11) is 4.13. The Balaban J connectivity index is 2.49. The summed E-state index contributed by atoms with van der Waals surface area (Å²) in [5.41, 5.74) is -0.00124. The summed E-state index contributed by atoms with van der Waals surface area (Å²) in [6, 6.07) is 0.416. The second-order valence-corrected chi connectivity index (χ2v) is 8.37. The van der Waals surface area contributed by atoms with Gasteiger partial charge in [-0.15, -0.1) is 0 Å². The Kier molecular flexibility index (Phi) is 8.09. The minimum atomic E-state index is -1.50. The third-order valence-electron chi connectivity index (χ3n) is 4.42. The Morgan fingerprint density at radius 2 is 1.91 bits per heavy atom. The fraction of sp³-hybridized carbons (Fsp3) is 0.400. The van der Waals surface area contributed by atoms with E-state index >= 15 is 0 Å². The molecule has 1 aromatic carbocycles. The number of thiocarbonyl (C=S) groups is 1. The van der Waals surface area contributed by atoms with Gasteiger partial charge in [-0.2, -0.15) is 0 Å². The highest BCUT2D eigenvalue weighted by Gasteiger charge is 2.45. The largest absolute Gasteiger partial charge is 0.381 e. The van der Waals surface area contributed by atoms with E-state index in [0.717, 1.165) is 21.4 Å². The van der Waals surface area contributed by atoms with Gasteiger partial charge in [0.1, 0.15) is 5.82 Å². The Hall–Kier alpha value is -3.12. The van der Waals surface area contributed by atoms with Gasteiger partial charge in [-0.25, -0.2) is 23.7 Å². The number of urea groups is 2. The van der Waals surface area contributed by atoms with Crippen LogP contribution in [0.25, 0.3) is 0 Å². The number of carbonyl (C=O) groups is 3. The van der Waals surface area contributed by atoms with E-state index in [9.17, 15) is 18.8 Å². The molecule has 0 radical (unpaired) electrons. The zero-order valence-corrected chi connectivity index (χ0v) is 20.5. The summed E-state index contributed by atoms with van der Waals surface area (Å²) >= 11 is 11.0. The van der Waals surface area contributed by atoms with Crippen molar-refractivity contribution in [2.24, 2.45) is 10.3 Å². The number of halogens is 2. The summed E-state index contributed by atoms with van der Waals surface area (Å²) in [4.78, 5) is 50.7. The van der Waals surface area contributed by atoms with Crippen LogP contribution in [0.3, 0.4) is 0 Å². The van der Waals surface area contributed by atoms with Gasteiger partial charge < -0.3 is 14.6 Å². The molecular weight excluding hydrogens is 477 g/mol. The Bertz CT molecular complexity index is 1060. The summed E-state index contributed by atoms with van der Waals surface area (Å²) < 4.78 is 14.9. The van der Waals surface area contributed by atoms with E-state index in [1.807, 2.05) is 0 Å². The van der Waals surface area contributed by atoms with E-state index in [1.54, 1.807) is 13.8 Å². The van der Waals surface area contributed by atoms with Crippen LogP contribution in [0, 0.1) is 5.82 Å². The molecule has 2 rings (SSSR count). The highest BCUT2D eigenvalue weighted by Crippen LogP contribution is 2.34. The number of oxime groups is 2. The van der Waals surface area contributed by atoms with Gasteiger partial charge in [0.15, 0.2) is 0 Å². The SMILES string of the molecule is CC(C)=NOC(=O)C1(C)CC(c2cc(N(C(=O)N(C)C)C(=O)N(C)C=S)c(F)cc2Cl)=NO1. The second-order valence-electron chi connectivity index (χ2n) is 7.75. The topological polar surface area (TPSA) is 104 Å². The second kappa shape index (κ2) is 10.2. The lowest BCUT2D eigenvalue weighted by molar-refractivity contribution is -0.167. The van der Waals surface area contributed by atoms with Gasteiger partial charge in [-0.3, -0.25) is 4.90 Å². The van der Waals surface area contributed by atoms with Crippen molar-refractivity contribution in [1.29, 1.82) is 0 Å². The molecule has 1 heterocycles. The van der Waals surface area contributed by atoms with Crippen LogP contribution in [0.15, 0.2) is 22.4 Å². The van der Waals surface area contributed by atoms with E-state index in [0.29, 0.717) is 10.6 Å². The molecule has 1 aliphatic rings. The van der Waals surface area contributed by atoms with Crippen LogP contribution in [0.1, 0.15) is 32.8 Å². The Morgan fingerprint density at radius 3 is 2.45 bits per heavy atom. The van der Waals surface area contributed by atoms with Gasteiger partial charge in [0, 0.05) is 33.1 Å². The van der Waals surface area contributed by atoms with Crippen LogP contribution < -0.4 is 4.90 Å². The van der Waals surface area contributed by atoms with Gasteiger partial charge in [-0.05, 0) is 32.9 Å². The van der Waals surface area contributed by atoms with E-state index in [1.165, 1.54) is 34.1 Å². The zero-order valence-electron chi connectivity index (χ0n) is 18.9. The van der Waals surface area contributed by atoms with Gasteiger partial charge in [0.2, 0.25) is 5.60 Å². The summed E-state index contributed by atoms with van der Waals surface area (Å²) in [5, 5.41) is 7.46. The first-order valence-electron chi connectivity index (χ1n) is 9.53. The van der Waals surface area contributed by atoms with E-state index in [2.05, 4.69) is 10.3 Å². The molecule has 0 saturated carbocycles. The molecule has 0 aliphatic carbocycles. The smallest absolute Gasteiger partial charge is 0.377 e. The molecule has 10 nitrogen and oxygen atoms in total. The van der Waals surface area contributed by atoms with Gasteiger partial charge >= 0.3 is 18.0 Å². The lowest BCUT2D eigenvalue weighted by Gasteiger charge is -2.27. The molecule has 178 valence electrons. The van der Waals surface area contributed by atoms with Crippen molar-refractivity contribution >= 4 is 64.5 Å². The van der Waals surface area contributed by atoms with Crippen molar-refractivity contribution in [2.45, 2.75) is 32.8 Å². The maximum atomic E-state index is 14.9. The lowest BCUT2D eigenvalue weighted by Crippen LogP contribution is -2.48. The Labute approximate surface area is 200 Å². The van der Waals surface area contributed by atoms with E-state index in [-0.39, 0.29) is 28.4 Å². The minimum absolute atomic E-state index is 0.0634. The third kappa shape index (κ3) is 5.63. The normalized spacial score (nSPS) is 16.8. The number of imide groups is 1. The number of anilines is 1. The molecule has 0 fully saturated rings. The molecule has 0 saturated heterocycles. The predicted molar refractivity (Wildman–Crippen MR) is 125 cm³/mol. The van der Waals surface area contributed by atoms with Crippen LogP contribution in [0.4, 0.5) is 19.7 Å². The highest BCUT2D eigenvalue weighted by molar-refractivity contribution is 7.78. The average Bonchev–Trinajstić information content (AvgIpc) is 3.15. The summed E-state index contributed by atoms with van der Waals surface area (Å²) in [6.07, 6.45) is -0.0790. The van der Waals surface area contributed by atoms with Crippen molar-refractivity contribution in [2.75, 3.05) is 26.0 Å². The van der Waals surface area contributed by atoms with E-state index in [4.69, 9.17) is 33.5 Å². The van der Waals surface area contributed by atoms with Crippen molar-refractivity contribution in [3.8, 4) is 0 Å². The van der Waals surface area contributed by atoms with Crippen LogP contribution in [0.5, 0.6) is 0 Å². The standard InChI is InChI=1S/C20H23ClFN5O5S/c1-11(2)23-31-17(28)20(3)9-15(24-32-20)12-7-16(14(22)8-13(12)21)27(18(29)25(4)5)19(30)26(6)10-33/h7-8,10H,9H2,1-6H3. The minimum Gasteiger partial charge on any atom is -0.377 e. The maximum Gasteiger partial charge on any atom is 0.381 e. The molecule has 1 unspecified atom stereocenters. The fourth-order valence-corrected chi connectivity index (χ4v) is 2.99. The Morgan fingerprint density at radius 1 is 1.27 bits per heavy atom. The van der Waals surface area contributed by atoms with Crippen molar-refractivity contribution in [3.63, 3.8) is 0 Å². The molecule has 4 amide bonds. The first kappa shape index (κ1) is 26.1. The third-order valence-corrected chi connectivity index (χ3v) is 5.05. The predicted octanol–water partition coefficient (Wildman–Crippen LogP) is 3.80. The molecular formula is C20H23ClFN5O5S. The summed E-state index contributed by atoms with van der Waals surface area (Å²) in [5.74, 6) is -1.72. The highest BCUT2D eigenvalue weighted by atomic mass is 35.5.